The lowest BCUT2D eigenvalue weighted by Gasteiger charge is -2.25. The average molecular weight is 270 g/mol. The molecule has 1 aliphatic heterocycles. The second kappa shape index (κ2) is 5.69. The fraction of sp³-hybridized carbons (Fsp3) is 0.500. The highest BCUT2D eigenvalue weighted by atomic mass is 32.2. The Labute approximate surface area is 108 Å². The number of benzene rings is 1. The molecule has 18 heavy (non-hydrogen) atoms. The molecule has 0 atom stereocenters. The van der Waals surface area contributed by atoms with Crippen LogP contribution in [0.3, 0.4) is 0 Å². The summed E-state index contributed by atoms with van der Waals surface area (Å²) in [6.07, 6.45) is 2.96. The highest BCUT2D eigenvalue weighted by Gasteiger charge is 2.22. The van der Waals surface area contributed by atoms with Gasteiger partial charge in [0.1, 0.15) is 5.75 Å². The number of rotatable bonds is 4. The molecule has 5 nitrogen and oxygen atoms in total. The summed E-state index contributed by atoms with van der Waals surface area (Å²) in [5.74, 6) is 0.178. The van der Waals surface area contributed by atoms with Crippen molar-refractivity contribution in [2.24, 2.45) is 0 Å². The van der Waals surface area contributed by atoms with Crippen LogP contribution in [0.4, 0.5) is 0 Å². The minimum Gasteiger partial charge on any atom is -0.508 e. The third kappa shape index (κ3) is 3.44. The van der Waals surface area contributed by atoms with E-state index in [1.807, 2.05) is 0 Å². The van der Waals surface area contributed by atoms with E-state index in [1.54, 1.807) is 24.3 Å². The maximum Gasteiger partial charge on any atom is 0.279 e. The molecule has 1 aromatic rings. The molecule has 0 aromatic heterocycles. The molecule has 0 saturated carbocycles. The van der Waals surface area contributed by atoms with E-state index in [1.165, 1.54) is 4.31 Å². The van der Waals surface area contributed by atoms with E-state index in [9.17, 15) is 8.42 Å². The van der Waals surface area contributed by atoms with Gasteiger partial charge in [0.15, 0.2) is 0 Å². The van der Waals surface area contributed by atoms with Gasteiger partial charge in [-0.15, -0.1) is 0 Å². The van der Waals surface area contributed by atoms with Crippen LogP contribution in [0.15, 0.2) is 24.3 Å². The molecular weight excluding hydrogens is 252 g/mol. The standard InChI is InChI=1S/C12H18N2O3S/c15-12-6-4-11(5-7-12)10-13-18(16,17)14-8-2-1-3-9-14/h4-7,13,15H,1-3,8-10H2. The van der Waals surface area contributed by atoms with Crippen molar-refractivity contribution < 1.29 is 13.5 Å². The highest BCUT2D eigenvalue weighted by Crippen LogP contribution is 2.13. The summed E-state index contributed by atoms with van der Waals surface area (Å²) in [5, 5.41) is 9.14. The molecule has 1 aliphatic rings. The predicted octanol–water partition coefficient (Wildman–Crippen LogP) is 1.21. The van der Waals surface area contributed by atoms with Crippen LogP contribution in [-0.4, -0.2) is 30.9 Å². The summed E-state index contributed by atoms with van der Waals surface area (Å²) >= 11 is 0. The molecule has 2 rings (SSSR count). The van der Waals surface area contributed by atoms with Crippen LogP contribution in [0.1, 0.15) is 24.8 Å². The highest BCUT2D eigenvalue weighted by molar-refractivity contribution is 7.87. The van der Waals surface area contributed by atoms with Crippen LogP contribution in [0.25, 0.3) is 0 Å². The molecule has 0 aliphatic carbocycles. The van der Waals surface area contributed by atoms with Crippen LogP contribution in [0.5, 0.6) is 5.75 Å². The van der Waals surface area contributed by atoms with Gasteiger partial charge in [-0.05, 0) is 30.5 Å². The number of aromatic hydroxyl groups is 1. The van der Waals surface area contributed by atoms with Gasteiger partial charge in [-0.2, -0.15) is 17.4 Å². The van der Waals surface area contributed by atoms with Crippen molar-refractivity contribution in [2.45, 2.75) is 25.8 Å². The topological polar surface area (TPSA) is 69.6 Å². The summed E-state index contributed by atoms with van der Waals surface area (Å²) in [6.45, 7) is 1.45. The molecular formula is C12H18N2O3S. The Morgan fingerprint density at radius 2 is 1.72 bits per heavy atom. The number of nitrogens with one attached hydrogen (secondary N) is 1. The Balaban J connectivity index is 1.94. The summed E-state index contributed by atoms with van der Waals surface area (Å²) in [5.41, 5.74) is 0.827. The second-order valence-corrected chi connectivity index (χ2v) is 6.21. The zero-order valence-corrected chi connectivity index (χ0v) is 11.0. The minimum atomic E-state index is -3.37. The van der Waals surface area contributed by atoms with Crippen LogP contribution in [0, 0.1) is 0 Å². The van der Waals surface area contributed by atoms with E-state index in [2.05, 4.69) is 4.72 Å². The molecule has 2 N–H and O–H groups in total. The Morgan fingerprint density at radius 3 is 2.33 bits per heavy atom. The first-order valence-electron chi connectivity index (χ1n) is 6.10. The average Bonchev–Trinajstić information content (AvgIpc) is 2.39. The third-order valence-corrected chi connectivity index (χ3v) is 4.60. The van der Waals surface area contributed by atoms with Gasteiger partial charge in [-0.25, -0.2) is 0 Å². The van der Waals surface area contributed by atoms with Crippen molar-refractivity contribution in [3.8, 4) is 5.75 Å². The van der Waals surface area contributed by atoms with Gasteiger partial charge in [-0.1, -0.05) is 18.6 Å². The van der Waals surface area contributed by atoms with Crippen molar-refractivity contribution >= 4 is 10.2 Å². The summed E-state index contributed by atoms with van der Waals surface area (Å²) in [6, 6.07) is 6.50. The van der Waals surface area contributed by atoms with Crippen molar-refractivity contribution in [3.05, 3.63) is 29.8 Å². The van der Waals surface area contributed by atoms with Crippen molar-refractivity contribution in [1.82, 2.24) is 9.03 Å². The zero-order chi connectivity index (χ0) is 13.0. The van der Waals surface area contributed by atoms with Crippen molar-refractivity contribution in [3.63, 3.8) is 0 Å². The molecule has 1 aromatic carbocycles. The molecule has 1 fully saturated rings. The van der Waals surface area contributed by atoms with E-state index in [-0.39, 0.29) is 12.3 Å². The Hall–Kier alpha value is -1.11. The number of nitrogens with zero attached hydrogens (tertiary/aromatic N) is 1. The first-order valence-corrected chi connectivity index (χ1v) is 7.54. The number of phenolic OH excluding ortho intramolecular Hbond substituents is 1. The van der Waals surface area contributed by atoms with Gasteiger partial charge >= 0.3 is 0 Å². The SMILES string of the molecule is O=S(=O)(NCc1ccc(O)cc1)N1CCCCC1. The summed E-state index contributed by atoms with van der Waals surface area (Å²) in [4.78, 5) is 0. The lowest BCUT2D eigenvalue weighted by atomic mass is 10.2. The first-order chi connectivity index (χ1) is 8.58. The first kappa shape index (κ1) is 13.3. The van der Waals surface area contributed by atoms with Gasteiger partial charge < -0.3 is 5.11 Å². The monoisotopic (exact) mass is 270 g/mol. The lowest BCUT2D eigenvalue weighted by molar-refractivity contribution is 0.341. The Morgan fingerprint density at radius 1 is 1.11 bits per heavy atom. The van der Waals surface area contributed by atoms with Crippen LogP contribution in [-0.2, 0) is 16.8 Å². The van der Waals surface area contributed by atoms with Gasteiger partial charge in [0, 0.05) is 19.6 Å². The lowest BCUT2D eigenvalue weighted by Crippen LogP contribution is -2.43. The molecule has 0 bridgehead atoms. The molecule has 0 spiro atoms. The summed E-state index contributed by atoms with van der Waals surface area (Å²) < 4.78 is 28.1. The van der Waals surface area contributed by atoms with Crippen LogP contribution >= 0.6 is 0 Å². The Bertz CT molecular complexity index is 479. The molecule has 0 amide bonds. The fourth-order valence-corrected chi connectivity index (χ4v) is 3.26. The maximum atomic E-state index is 12.0. The quantitative estimate of drug-likeness (QED) is 0.864. The van der Waals surface area contributed by atoms with E-state index in [0.29, 0.717) is 13.1 Å². The van der Waals surface area contributed by atoms with Gasteiger partial charge in [0.25, 0.3) is 10.2 Å². The zero-order valence-electron chi connectivity index (χ0n) is 10.2. The summed E-state index contributed by atoms with van der Waals surface area (Å²) in [7, 11) is -3.37. The van der Waals surface area contributed by atoms with E-state index >= 15 is 0 Å². The van der Waals surface area contributed by atoms with E-state index < -0.39 is 10.2 Å². The molecule has 1 saturated heterocycles. The largest absolute Gasteiger partial charge is 0.508 e. The molecule has 0 unspecified atom stereocenters. The number of hydrogen-bond donors (Lipinski definition) is 2. The molecule has 1 heterocycles. The van der Waals surface area contributed by atoms with E-state index in [4.69, 9.17) is 5.11 Å². The maximum absolute atomic E-state index is 12.0. The minimum absolute atomic E-state index is 0.178. The molecule has 0 radical (unpaired) electrons. The van der Waals surface area contributed by atoms with Gasteiger partial charge in [-0.3, -0.25) is 0 Å². The Kier molecular flexibility index (Phi) is 4.21. The second-order valence-electron chi connectivity index (χ2n) is 4.45. The molecule has 6 heteroatoms. The third-order valence-electron chi connectivity index (χ3n) is 3.05. The van der Waals surface area contributed by atoms with Crippen LogP contribution < -0.4 is 4.72 Å². The smallest absolute Gasteiger partial charge is 0.279 e. The van der Waals surface area contributed by atoms with Gasteiger partial charge in [0.05, 0.1) is 0 Å². The van der Waals surface area contributed by atoms with Crippen LogP contribution in [0.2, 0.25) is 0 Å². The molecule has 100 valence electrons. The normalized spacial score (nSPS) is 17.8. The van der Waals surface area contributed by atoms with Crippen molar-refractivity contribution in [2.75, 3.05) is 13.1 Å². The van der Waals surface area contributed by atoms with Crippen molar-refractivity contribution in [1.29, 1.82) is 0 Å². The van der Waals surface area contributed by atoms with Gasteiger partial charge in [0.2, 0.25) is 0 Å². The number of phenols is 1. The predicted molar refractivity (Wildman–Crippen MR) is 69.3 cm³/mol. The fourth-order valence-electron chi connectivity index (χ4n) is 1.98. The number of piperidine rings is 1. The van der Waals surface area contributed by atoms with E-state index in [0.717, 1.165) is 24.8 Å². The number of hydrogen-bond acceptors (Lipinski definition) is 3.